The maximum atomic E-state index is 5.57. The van der Waals surface area contributed by atoms with Gasteiger partial charge in [-0.25, -0.2) is 0 Å². The molecule has 0 N–H and O–H groups in total. The standard InChI is InChI=1S/C8H12O2/c1-2-8-4-6-9-7(8)3-5-10-8/h2,7H,1,3-6H2/t7-,8-/m1/s1. The molecule has 2 heterocycles. The van der Waals surface area contributed by atoms with Crippen LogP contribution in [-0.2, 0) is 9.47 Å². The SMILES string of the molecule is C=C[C@@]12CCO[C@@H]1CCO2. The van der Waals surface area contributed by atoms with Crippen molar-refractivity contribution in [2.75, 3.05) is 13.2 Å². The number of hydrogen-bond donors (Lipinski definition) is 0. The molecule has 0 aliphatic carbocycles. The number of ether oxygens (including phenoxy) is 2. The van der Waals surface area contributed by atoms with Crippen molar-refractivity contribution in [3.05, 3.63) is 12.7 Å². The Kier molecular flexibility index (Phi) is 1.32. The van der Waals surface area contributed by atoms with Crippen molar-refractivity contribution in [3.63, 3.8) is 0 Å². The Morgan fingerprint density at radius 1 is 1.50 bits per heavy atom. The van der Waals surface area contributed by atoms with E-state index in [-0.39, 0.29) is 5.60 Å². The van der Waals surface area contributed by atoms with Crippen molar-refractivity contribution in [1.82, 2.24) is 0 Å². The average Bonchev–Trinajstić information content (AvgIpc) is 2.42. The molecule has 56 valence electrons. The highest BCUT2D eigenvalue weighted by Crippen LogP contribution is 2.37. The molecule has 0 spiro atoms. The monoisotopic (exact) mass is 140 g/mol. The van der Waals surface area contributed by atoms with Crippen molar-refractivity contribution in [3.8, 4) is 0 Å². The molecule has 0 unspecified atom stereocenters. The van der Waals surface area contributed by atoms with Gasteiger partial charge in [0.1, 0.15) is 5.60 Å². The maximum Gasteiger partial charge on any atom is 0.114 e. The van der Waals surface area contributed by atoms with E-state index < -0.39 is 0 Å². The van der Waals surface area contributed by atoms with E-state index in [2.05, 4.69) is 6.58 Å². The van der Waals surface area contributed by atoms with Gasteiger partial charge < -0.3 is 9.47 Å². The zero-order valence-corrected chi connectivity index (χ0v) is 6.01. The summed E-state index contributed by atoms with van der Waals surface area (Å²) in [7, 11) is 0. The molecule has 2 nitrogen and oxygen atoms in total. The van der Waals surface area contributed by atoms with Crippen LogP contribution in [0.25, 0.3) is 0 Å². The van der Waals surface area contributed by atoms with Crippen molar-refractivity contribution in [1.29, 1.82) is 0 Å². The van der Waals surface area contributed by atoms with E-state index in [1.807, 2.05) is 6.08 Å². The topological polar surface area (TPSA) is 18.5 Å². The second-order valence-electron chi connectivity index (χ2n) is 2.91. The number of rotatable bonds is 1. The quantitative estimate of drug-likeness (QED) is 0.508. The Labute approximate surface area is 60.8 Å². The first-order valence-corrected chi connectivity index (χ1v) is 3.76. The van der Waals surface area contributed by atoms with Crippen molar-refractivity contribution in [2.45, 2.75) is 24.5 Å². The van der Waals surface area contributed by atoms with Gasteiger partial charge in [-0.15, -0.1) is 6.58 Å². The molecule has 0 bridgehead atoms. The summed E-state index contributed by atoms with van der Waals surface area (Å²) in [6, 6.07) is 0. The predicted octanol–water partition coefficient (Wildman–Crippen LogP) is 1.12. The predicted molar refractivity (Wildman–Crippen MR) is 37.9 cm³/mol. The molecule has 0 amide bonds. The van der Waals surface area contributed by atoms with Crippen LogP contribution in [0.4, 0.5) is 0 Å². The summed E-state index contributed by atoms with van der Waals surface area (Å²) in [5, 5.41) is 0. The van der Waals surface area contributed by atoms with Crippen LogP contribution in [0, 0.1) is 0 Å². The van der Waals surface area contributed by atoms with Gasteiger partial charge >= 0.3 is 0 Å². The molecule has 0 aromatic heterocycles. The van der Waals surface area contributed by atoms with Gasteiger partial charge in [-0.1, -0.05) is 6.08 Å². The largest absolute Gasteiger partial charge is 0.375 e. The van der Waals surface area contributed by atoms with E-state index in [9.17, 15) is 0 Å². The third-order valence-corrected chi connectivity index (χ3v) is 2.45. The Balaban J connectivity index is 2.23. The first-order chi connectivity index (χ1) is 4.87. The molecule has 0 saturated carbocycles. The summed E-state index contributed by atoms with van der Waals surface area (Å²) in [4.78, 5) is 0. The zero-order chi connectivity index (χ0) is 7.03. The minimum atomic E-state index is -0.111. The normalized spacial score (nSPS) is 45.4. The zero-order valence-electron chi connectivity index (χ0n) is 6.01. The summed E-state index contributed by atoms with van der Waals surface area (Å²) in [5.41, 5.74) is -0.111. The molecule has 0 aromatic carbocycles. The Morgan fingerprint density at radius 3 is 3.10 bits per heavy atom. The fourth-order valence-electron chi connectivity index (χ4n) is 1.80. The maximum absolute atomic E-state index is 5.57. The van der Waals surface area contributed by atoms with Crippen molar-refractivity contribution < 1.29 is 9.47 Å². The molecule has 10 heavy (non-hydrogen) atoms. The molecular formula is C8H12O2. The van der Waals surface area contributed by atoms with Gasteiger partial charge in [-0.3, -0.25) is 0 Å². The van der Waals surface area contributed by atoms with Crippen LogP contribution in [0.1, 0.15) is 12.8 Å². The van der Waals surface area contributed by atoms with Crippen LogP contribution in [0.2, 0.25) is 0 Å². The van der Waals surface area contributed by atoms with Gasteiger partial charge in [-0.05, 0) is 0 Å². The highest BCUT2D eigenvalue weighted by atomic mass is 16.6. The van der Waals surface area contributed by atoms with E-state index in [1.54, 1.807) is 0 Å². The lowest BCUT2D eigenvalue weighted by Crippen LogP contribution is -2.31. The van der Waals surface area contributed by atoms with Crippen LogP contribution in [0.5, 0.6) is 0 Å². The van der Waals surface area contributed by atoms with Crippen LogP contribution < -0.4 is 0 Å². The highest BCUT2D eigenvalue weighted by molar-refractivity contribution is 5.09. The fraction of sp³-hybridized carbons (Fsp3) is 0.750. The summed E-state index contributed by atoms with van der Waals surface area (Å²) in [6.07, 6.45) is 4.22. The lowest BCUT2D eigenvalue weighted by Gasteiger charge is -2.21. The molecule has 0 radical (unpaired) electrons. The molecule has 2 fully saturated rings. The Bertz CT molecular complexity index is 143. The van der Waals surface area contributed by atoms with Crippen LogP contribution >= 0.6 is 0 Å². The summed E-state index contributed by atoms with van der Waals surface area (Å²) in [6.45, 7) is 5.43. The second kappa shape index (κ2) is 2.07. The summed E-state index contributed by atoms with van der Waals surface area (Å²) < 4.78 is 11.0. The average molecular weight is 140 g/mol. The van der Waals surface area contributed by atoms with Gasteiger partial charge in [0.25, 0.3) is 0 Å². The molecule has 2 aliphatic heterocycles. The molecule has 2 saturated heterocycles. The van der Waals surface area contributed by atoms with Gasteiger partial charge in [-0.2, -0.15) is 0 Å². The van der Waals surface area contributed by atoms with E-state index in [0.717, 1.165) is 26.1 Å². The summed E-state index contributed by atoms with van der Waals surface area (Å²) >= 11 is 0. The molecule has 0 aromatic rings. The number of fused-ring (bicyclic) bond motifs is 1. The molecule has 2 aliphatic rings. The van der Waals surface area contributed by atoms with Crippen molar-refractivity contribution >= 4 is 0 Å². The van der Waals surface area contributed by atoms with Gasteiger partial charge in [0.15, 0.2) is 0 Å². The third kappa shape index (κ3) is 0.662. The van der Waals surface area contributed by atoms with Gasteiger partial charge in [0, 0.05) is 12.8 Å². The van der Waals surface area contributed by atoms with Gasteiger partial charge in [0.05, 0.1) is 19.3 Å². The van der Waals surface area contributed by atoms with Crippen molar-refractivity contribution in [2.24, 2.45) is 0 Å². The minimum absolute atomic E-state index is 0.111. The molecular weight excluding hydrogens is 128 g/mol. The molecule has 2 heteroatoms. The smallest absolute Gasteiger partial charge is 0.114 e. The Hall–Kier alpha value is -0.340. The van der Waals surface area contributed by atoms with E-state index in [1.165, 1.54) is 0 Å². The second-order valence-corrected chi connectivity index (χ2v) is 2.91. The van der Waals surface area contributed by atoms with E-state index >= 15 is 0 Å². The third-order valence-electron chi connectivity index (χ3n) is 2.45. The minimum Gasteiger partial charge on any atom is -0.375 e. The first kappa shape index (κ1) is 6.38. The molecule has 2 atom stereocenters. The molecule has 2 rings (SSSR count). The highest BCUT2D eigenvalue weighted by Gasteiger charge is 2.46. The fourth-order valence-corrected chi connectivity index (χ4v) is 1.80. The Morgan fingerprint density at radius 2 is 2.40 bits per heavy atom. The van der Waals surface area contributed by atoms with E-state index in [0.29, 0.717) is 6.10 Å². The van der Waals surface area contributed by atoms with E-state index in [4.69, 9.17) is 9.47 Å². The number of hydrogen-bond acceptors (Lipinski definition) is 2. The lowest BCUT2D eigenvalue weighted by molar-refractivity contribution is 0.0174. The van der Waals surface area contributed by atoms with Gasteiger partial charge in [0.2, 0.25) is 0 Å². The summed E-state index contributed by atoms with van der Waals surface area (Å²) in [5.74, 6) is 0. The van der Waals surface area contributed by atoms with Crippen LogP contribution in [-0.4, -0.2) is 24.9 Å². The van der Waals surface area contributed by atoms with Crippen LogP contribution in [0.3, 0.4) is 0 Å². The van der Waals surface area contributed by atoms with Crippen LogP contribution in [0.15, 0.2) is 12.7 Å². The first-order valence-electron chi connectivity index (χ1n) is 3.76. The lowest BCUT2D eigenvalue weighted by atomic mass is 9.96.